The maximum absolute atomic E-state index is 12.6. The maximum Gasteiger partial charge on any atom is 0.257 e. The van der Waals surface area contributed by atoms with Gasteiger partial charge in [-0.15, -0.1) is 0 Å². The van der Waals surface area contributed by atoms with Crippen LogP contribution in [-0.2, 0) is 6.54 Å². The van der Waals surface area contributed by atoms with E-state index in [4.69, 9.17) is 11.6 Å². The van der Waals surface area contributed by atoms with E-state index < -0.39 is 0 Å². The predicted molar refractivity (Wildman–Crippen MR) is 103 cm³/mol. The van der Waals surface area contributed by atoms with Gasteiger partial charge in [0.2, 0.25) is 0 Å². The highest BCUT2D eigenvalue weighted by Gasteiger charge is 2.12. The first kappa shape index (κ1) is 16.7. The van der Waals surface area contributed by atoms with Gasteiger partial charge in [-0.1, -0.05) is 35.1 Å². The van der Waals surface area contributed by atoms with E-state index in [1.54, 1.807) is 17.1 Å². The normalized spacial score (nSPS) is 11.0. The lowest BCUT2D eigenvalue weighted by molar-refractivity contribution is 0.102. The summed E-state index contributed by atoms with van der Waals surface area (Å²) in [5, 5.41) is 8.16. The fraction of sp³-hybridized carbons (Fsp3) is 0.111. The molecule has 0 aliphatic rings. The average molecular weight is 384 g/mol. The molecule has 0 bridgehead atoms. The molecule has 26 heavy (non-hydrogen) atoms. The molecule has 0 radical (unpaired) electrons. The van der Waals surface area contributed by atoms with Crippen molar-refractivity contribution >= 4 is 44.2 Å². The number of anilines is 1. The van der Waals surface area contributed by atoms with Crippen LogP contribution in [0.3, 0.4) is 0 Å². The summed E-state index contributed by atoms with van der Waals surface area (Å²) in [6.07, 6.45) is 3.12. The first-order chi connectivity index (χ1) is 12.6. The smallest absolute Gasteiger partial charge is 0.257 e. The highest BCUT2D eigenvalue weighted by atomic mass is 35.5. The lowest BCUT2D eigenvalue weighted by Gasteiger charge is -2.05. The molecule has 0 saturated carbocycles. The molecule has 0 spiro atoms. The van der Waals surface area contributed by atoms with Gasteiger partial charge in [0, 0.05) is 10.6 Å². The maximum atomic E-state index is 12.6. The van der Waals surface area contributed by atoms with Crippen molar-refractivity contribution in [2.75, 3.05) is 5.32 Å². The molecule has 0 atom stereocenters. The monoisotopic (exact) mass is 383 g/mol. The Morgan fingerprint density at radius 2 is 2.19 bits per heavy atom. The molecule has 2 aromatic carbocycles. The number of thiazole rings is 1. The summed E-state index contributed by atoms with van der Waals surface area (Å²) >= 11 is 7.57. The van der Waals surface area contributed by atoms with Gasteiger partial charge in [-0.25, -0.2) is 14.6 Å². The molecule has 4 aromatic rings. The average Bonchev–Trinajstić information content (AvgIpc) is 3.25. The van der Waals surface area contributed by atoms with Gasteiger partial charge in [0.1, 0.15) is 12.7 Å². The first-order valence-corrected chi connectivity index (χ1v) is 9.07. The molecule has 1 amide bonds. The molecule has 2 heterocycles. The third kappa shape index (κ3) is 3.44. The third-order valence-corrected chi connectivity index (χ3v) is 5.23. The number of carbonyl (C=O) groups excluding carboxylic acids is 1. The van der Waals surface area contributed by atoms with Crippen LogP contribution in [0.1, 0.15) is 21.5 Å². The lowest BCUT2D eigenvalue weighted by atomic mass is 10.1. The number of amides is 1. The van der Waals surface area contributed by atoms with Crippen LogP contribution < -0.4 is 5.32 Å². The van der Waals surface area contributed by atoms with E-state index in [1.807, 2.05) is 37.3 Å². The minimum absolute atomic E-state index is 0.202. The second kappa shape index (κ2) is 6.86. The fourth-order valence-corrected chi connectivity index (χ4v) is 3.68. The number of benzene rings is 2. The van der Waals surface area contributed by atoms with Crippen LogP contribution in [0.15, 0.2) is 49.1 Å². The Labute approximate surface area is 158 Å². The summed E-state index contributed by atoms with van der Waals surface area (Å²) in [5.74, 6) is -0.202. The Balaban J connectivity index is 1.54. The molecule has 130 valence electrons. The Morgan fingerprint density at radius 3 is 3.00 bits per heavy atom. The molecule has 0 fully saturated rings. The van der Waals surface area contributed by atoms with Crippen molar-refractivity contribution in [3.8, 4) is 0 Å². The molecule has 0 aliphatic carbocycles. The number of halogens is 1. The third-order valence-electron chi connectivity index (χ3n) is 3.89. The highest BCUT2D eigenvalue weighted by molar-refractivity contribution is 7.22. The summed E-state index contributed by atoms with van der Waals surface area (Å²) in [5.41, 5.74) is 3.30. The number of carbonyl (C=O) groups is 1. The van der Waals surface area contributed by atoms with Crippen molar-refractivity contribution in [1.82, 2.24) is 19.7 Å². The second-order valence-corrected chi connectivity index (χ2v) is 7.27. The zero-order valence-corrected chi connectivity index (χ0v) is 15.4. The highest BCUT2D eigenvalue weighted by Crippen LogP contribution is 2.30. The van der Waals surface area contributed by atoms with Crippen LogP contribution in [-0.4, -0.2) is 25.7 Å². The fourth-order valence-electron chi connectivity index (χ4n) is 2.59. The van der Waals surface area contributed by atoms with Gasteiger partial charge in [-0.3, -0.25) is 10.1 Å². The van der Waals surface area contributed by atoms with Crippen LogP contribution in [0.2, 0.25) is 5.02 Å². The van der Waals surface area contributed by atoms with Gasteiger partial charge in [0.05, 0.1) is 16.8 Å². The van der Waals surface area contributed by atoms with Crippen LogP contribution in [0.5, 0.6) is 0 Å². The standard InChI is InChI=1S/C18H14ClN5OS/c1-11-5-16-15(7-14(11)19)22-18(26-16)23-17(25)13-4-2-3-12(6-13)8-24-10-20-9-21-24/h2-7,9-10H,8H2,1H3,(H,22,23,25). The van der Waals surface area contributed by atoms with Crippen LogP contribution in [0, 0.1) is 6.92 Å². The van der Waals surface area contributed by atoms with E-state index in [1.165, 1.54) is 17.7 Å². The SMILES string of the molecule is Cc1cc2sc(NC(=O)c3cccc(Cn4cncn4)c3)nc2cc1Cl. The number of fused-ring (bicyclic) bond motifs is 1. The number of hydrogen-bond donors (Lipinski definition) is 1. The van der Waals surface area contributed by atoms with E-state index >= 15 is 0 Å². The zero-order chi connectivity index (χ0) is 18.1. The van der Waals surface area contributed by atoms with Crippen molar-refractivity contribution in [2.45, 2.75) is 13.5 Å². The largest absolute Gasteiger partial charge is 0.298 e. The van der Waals surface area contributed by atoms with E-state index in [-0.39, 0.29) is 5.91 Å². The Hall–Kier alpha value is -2.77. The van der Waals surface area contributed by atoms with E-state index in [0.717, 1.165) is 21.3 Å². The molecule has 6 nitrogen and oxygen atoms in total. The molecule has 0 unspecified atom stereocenters. The quantitative estimate of drug-likeness (QED) is 0.574. The number of hydrogen-bond acceptors (Lipinski definition) is 5. The minimum atomic E-state index is -0.202. The molecule has 8 heteroatoms. The summed E-state index contributed by atoms with van der Waals surface area (Å²) in [6, 6.07) is 11.2. The van der Waals surface area contributed by atoms with E-state index in [2.05, 4.69) is 20.4 Å². The lowest BCUT2D eigenvalue weighted by Crippen LogP contribution is -2.12. The molecular weight excluding hydrogens is 370 g/mol. The van der Waals surface area contributed by atoms with Gasteiger partial charge >= 0.3 is 0 Å². The molecule has 0 saturated heterocycles. The van der Waals surface area contributed by atoms with Gasteiger partial charge in [-0.2, -0.15) is 5.10 Å². The zero-order valence-electron chi connectivity index (χ0n) is 13.8. The summed E-state index contributed by atoms with van der Waals surface area (Å²) in [6.45, 7) is 2.50. The van der Waals surface area contributed by atoms with Crippen molar-refractivity contribution in [3.63, 3.8) is 0 Å². The number of rotatable bonds is 4. The number of aryl methyl sites for hydroxylation is 1. The minimum Gasteiger partial charge on any atom is -0.298 e. The van der Waals surface area contributed by atoms with Gasteiger partial charge in [0.15, 0.2) is 5.13 Å². The Kier molecular flexibility index (Phi) is 4.40. The van der Waals surface area contributed by atoms with Crippen molar-refractivity contribution < 1.29 is 4.79 Å². The van der Waals surface area contributed by atoms with Gasteiger partial charge in [0.25, 0.3) is 5.91 Å². The molecule has 4 rings (SSSR count). The van der Waals surface area contributed by atoms with Crippen LogP contribution >= 0.6 is 22.9 Å². The van der Waals surface area contributed by atoms with Crippen LogP contribution in [0.25, 0.3) is 10.2 Å². The van der Waals surface area contributed by atoms with Gasteiger partial charge in [-0.05, 0) is 42.3 Å². The molecular formula is C18H14ClN5OS. The Morgan fingerprint density at radius 1 is 1.31 bits per heavy atom. The van der Waals surface area contributed by atoms with Crippen molar-refractivity contribution in [3.05, 3.63) is 70.8 Å². The summed E-state index contributed by atoms with van der Waals surface area (Å²) in [7, 11) is 0. The van der Waals surface area contributed by atoms with Gasteiger partial charge < -0.3 is 0 Å². The van der Waals surface area contributed by atoms with E-state index in [0.29, 0.717) is 22.3 Å². The summed E-state index contributed by atoms with van der Waals surface area (Å²) in [4.78, 5) is 20.9. The predicted octanol–water partition coefficient (Wildman–Crippen LogP) is 4.15. The molecule has 1 N–H and O–H groups in total. The second-order valence-electron chi connectivity index (χ2n) is 5.84. The Bertz CT molecular complexity index is 1050. The summed E-state index contributed by atoms with van der Waals surface area (Å²) < 4.78 is 2.69. The van der Waals surface area contributed by atoms with E-state index in [9.17, 15) is 4.79 Å². The number of nitrogens with zero attached hydrogens (tertiary/aromatic N) is 4. The number of nitrogens with one attached hydrogen (secondary N) is 1. The van der Waals surface area contributed by atoms with Crippen molar-refractivity contribution in [2.24, 2.45) is 0 Å². The molecule has 2 aromatic heterocycles. The molecule has 0 aliphatic heterocycles. The van der Waals surface area contributed by atoms with Crippen molar-refractivity contribution in [1.29, 1.82) is 0 Å². The van der Waals surface area contributed by atoms with Crippen LogP contribution in [0.4, 0.5) is 5.13 Å². The number of aromatic nitrogens is 4. The topological polar surface area (TPSA) is 72.7 Å². The first-order valence-electron chi connectivity index (χ1n) is 7.88.